The summed E-state index contributed by atoms with van der Waals surface area (Å²) in [7, 11) is 2.46. The van der Waals surface area contributed by atoms with Crippen LogP contribution >= 0.6 is 0 Å². The molecular formula is C14H14O5. The summed E-state index contributed by atoms with van der Waals surface area (Å²) >= 11 is 0. The maximum atomic E-state index is 11.8. The zero-order valence-electron chi connectivity index (χ0n) is 10.7. The van der Waals surface area contributed by atoms with E-state index in [0.29, 0.717) is 12.2 Å². The maximum Gasteiger partial charge on any atom is 0.324 e. The van der Waals surface area contributed by atoms with Crippen molar-refractivity contribution in [2.45, 2.75) is 6.61 Å². The van der Waals surface area contributed by atoms with Crippen molar-refractivity contribution in [3.05, 3.63) is 41.7 Å². The number of benzene rings is 1. The molecule has 0 atom stereocenters. The fourth-order valence-electron chi connectivity index (χ4n) is 2.02. The molecule has 1 aliphatic heterocycles. The van der Waals surface area contributed by atoms with E-state index >= 15 is 0 Å². The van der Waals surface area contributed by atoms with Crippen LogP contribution in [0, 0.1) is 5.92 Å². The average molecular weight is 262 g/mol. The first kappa shape index (κ1) is 13.1. The molecule has 0 saturated carbocycles. The van der Waals surface area contributed by atoms with Crippen molar-refractivity contribution in [2.24, 2.45) is 5.92 Å². The summed E-state index contributed by atoms with van der Waals surface area (Å²) in [6, 6.07) is 7.43. The summed E-state index contributed by atoms with van der Waals surface area (Å²) in [5.41, 5.74) is 2.17. The van der Waals surface area contributed by atoms with Crippen LogP contribution in [0.25, 0.3) is 5.57 Å². The van der Waals surface area contributed by atoms with Gasteiger partial charge in [-0.1, -0.05) is 24.3 Å². The van der Waals surface area contributed by atoms with Crippen LogP contribution in [0.3, 0.4) is 0 Å². The van der Waals surface area contributed by atoms with E-state index in [1.165, 1.54) is 20.5 Å². The first-order chi connectivity index (χ1) is 9.19. The molecule has 0 radical (unpaired) electrons. The van der Waals surface area contributed by atoms with E-state index < -0.39 is 17.9 Å². The highest BCUT2D eigenvalue weighted by Gasteiger charge is 2.35. The molecule has 100 valence electrons. The van der Waals surface area contributed by atoms with Crippen LogP contribution < -0.4 is 0 Å². The SMILES string of the molecule is COC(=O)C(C(=O)OC)C1=COCc2ccccc21. The largest absolute Gasteiger partial charge is 0.496 e. The molecule has 2 rings (SSSR count). The van der Waals surface area contributed by atoms with E-state index in [9.17, 15) is 9.59 Å². The summed E-state index contributed by atoms with van der Waals surface area (Å²) < 4.78 is 14.6. The van der Waals surface area contributed by atoms with Crippen molar-refractivity contribution in [3.8, 4) is 0 Å². The van der Waals surface area contributed by atoms with Crippen molar-refractivity contribution < 1.29 is 23.8 Å². The Balaban J connectivity index is 2.45. The molecule has 0 aliphatic carbocycles. The maximum absolute atomic E-state index is 11.8. The third-order valence-electron chi connectivity index (χ3n) is 2.96. The van der Waals surface area contributed by atoms with Gasteiger partial charge < -0.3 is 14.2 Å². The first-order valence-electron chi connectivity index (χ1n) is 5.74. The van der Waals surface area contributed by atoms with Gasteiger partial charge in [0, 0.05) is 5.57 Å². The number of hydrogen-bond acceptors (Lipinski definition) is 5. The first-order valence-corrected chi connectivity index (χ1v) is 5.74. The minimum Gasteiger partial charge on any atom is -0.496 e. The zero-order valence-corrected chi connectivity index (χ0v) is 10.7. The molecule has 0 spiro atoms. The fraction of sp³-hybridized carbons (Fsp3) is 0.286. The fourth-order valence-corrected chi connectivity index (χ4v) is 2.02. The number of rotatable bonds is 3. The molecule has 0 saturated heterocycles. The number of carbonyl (C=O) groups excluding carboxylic acids is 2. The van der Waals surface area contributed by atoms with Gasteiger partial charge in [0.15, 0.2) is 5.92 Å². The van der Waals surface area contributed by atoms with E-state index in [2.05, 4.69) is 9.47 Å². The summed E-state index contributed by atoms with van der Waals surface area (Å²) in [4.78, 5) is 23.6. The van der Waals surface area contributed by atoms with Crippen molar-refractivity contribution in [3.63, 3.8) is 0 Å². The van der Waals surface area contributed by atoms with Gasteiger partial charge in [-0.15, -0.1) is 0 Å². The van der Waals surface area contributed by atoms with Gasteiger partial charge in [0.1, 0.15) is 6.61 Å². The molecule has 1 aliphatic rings. The standard InChI is InChI=1S/C14H14O5/c1-17-13(15)12(14(16)18-2)11-8-19-7-9-5-3-4-6-10(9)11/h3-6,8,12H,7H2,1-2H3. The number of carbonyl (C=O) groups is 2. The summed E-state index contributed by atoms with van der Waals surface area (Å²) in [5.74, 6) is -2.46. The van der Waals surface area contributed by atoms with Crippen LogP contribution in [-0.4, -0.2) is 26.2 Å². The van der Waals surface area contributed by atoms with E-state index in [-0.39, 0.29) is 0 Å². The molecule has 5 heteroatoms. The second-order valence-corrected chi connectivity index (χ2v) is 4.02. The summed E-state index contributed by atoms with van der Waals surface area (Å²) in [5, 5.41) is 0. The Kier molecular flexibility index (Phi) is 3.85. The van der Waals surface area contributed by atoms with E-state index in [1.54, 1.807) is 0 Å². The Labute approximate surface area is 110 Å². The zero-order chi connectivity index (χ0) is 13.8. The lowest BCUT2D eigenvalue weighted by molar-refractivity contribution is -0.155. The quantitative estimate of drug-likeness (QED) is 0.610. The van der Waals surface area contributed by atoms with Gasteiger partial charge in [-0.25, -0.2) is 0 Å². The molecule has 0 aromatic heterocycles. The van der Waals surface area contributed by atoms with Gasteiger partial charge in [-0.2, -0.15) is 0 Å². The Hall–Kier alpha value is -2.30. The third kappa shape index (κ3) is 2.45. The number of ether oxygens (including phenoxy) is 3. The molecule has 1 aromatic rings. The highest BCUT2D eigenvalue weighted by atomic mass is 16.5. The smallest absolute Gasteiger partial charge is 0.324 e. The van der Waals surface area contributed by atoms with Gasteiger partial charge >= 0.3 is 11.9 Å². The summed E-state index contributed by atoms with van der Waals surface area (Å²) in [6.45, 7) is 0.411. The average Bonchev–Trinajstić information content (AvgIpc) is 2.47. The predicted octanol–water partition coefficient (Wildman–Crippen LogP) is 1.52. The molecule has 0 bridgehead atoms. The van der Waals surface area contributed by atoms with Crippen LogP contribution in [0.1, 0.15) is 11.1 Å². The van der Waals surface area contributed by atoms with E-state index in [1.807, 2.05) is 24.3 Å². The summed E-state index contributed by atoms with van der Waals surface area (Å²) in [6.07, 6.45) is 1.42. The van der Waals surface area contributed by atoms with Gasteiger partial charge in [-0.05, 0) is 11.1 Å². The van der Waals surface area contributed by atoms with Crippen LogP contribution in [0.4, 0.5) is 0 Å². The van der Waals surface area contributed by atoms with Crippen LogP contribution in [0.15, 0.2) is 30.5 Å². The van der Waals surface area contributed by atoms with Crippen molar-refractivity contribution in [2.75, 3.05) is 14.2 Å². The van der Waals surface area contributed by atoms with Crippen LogP contribution in [-0.2, 0) is 30.4 Å². The van der Waals surface area contributed by atoms with Crippen molar-refractivity contribution >= 4 is 17.5 Å². The molecule has 0 amide bonds. The Morgan fingerprint density at radius 3 is 2.42 bits per heavy atom. The van der Waals surface area contributed by atoms with Gasteiger partial charge in [-0.3, -0.25) is 9.59 Å². The Bertz CT molecular complexity index is 516. The Morgan fingerprint density at radius 1 is 1.16 bits per heavy atom. The molecule has 1 aromatic carbocycles. The highest BCUT2D eigenvalue weighted by Crippen LogP contribution is 2.32. The molecule has 0 N–H and O–H groups in total. The Morgan fingerprint density at radius 2 is 1.79 bits per heavy atom. The van der Waals surface area contributed by atoms with E-state index in [4.69, 9.17) is 4.74 Å². The van der Waals surface area contributed by atoms with Crippen molar-refractivity contribution in [1.82, 2.24) is 0 Å². The lowest BCUT2D eigenvalue weighted by Gasteiger charge is -2.22. The van der Waals surface area contributed by atoms with Gasteiger partial charge in [0.2, 0.25) is 0 Å². The molecule has 5 nitrogen and oxygen atoms in total. The number of methoxy groups -OCH3 is 2. The van der Waals surface area contributed by atoms with E-state index in [0.717, 1.165) is 11.1 Å². The molecule has 1 heterocycles. The minimum atomic E-state index is -1.13. The molecular weight excluding hydrogens is 248 g/mol. The highest BCUT2D eigenvalue weighted by molar-refractivity contribution is 6.07. The molecule has 0 fully saturated rings. The van der Waals surface area contributed by atoms with Gasteiger partial charge in [0.25, 0.3) is 0 Å². The lowest BCUT2D eigenvalue weighted by atomic mass is 9.89. The minimum absolute atomic E-state index is 0.411. The van der Waals surface area contributed by atoms with Crippen LogP contribution in [0.5, 0.6) is 0 Å². The third-order valence-corrected chi connectivity index (χ3v) is 2.96. The number of hydrogen-bond donors (Lipinski definition) is 0. The monoisotopic (exact) mass is 262 g/mol. The predicted molar refractivity (Wildman–Crippen MR) is 66.7 cm³/mol. The molecule has 0 unspecified atom stereocenters. The molecule has 19 heavy (non-hydrogen) atoms. The second kappa shape index (κ2) is 5.56. The van der Waals surface area contributed by atoms with Crippen molar-refractivity contribution in [1.29, 1.82) is 0 Å². The van der Waals surface area contributed by atoms with Crippen LogP contribution in [0.2, 0.25) is 0 Å². The van der Waals surface area contributed by atoms with Gasteiger partial charge in [0.05, 0.1) is 20.5 Å². The number of fused-ring (bicyclic) bond motifs is 1. The second-order valence-electron chi connectivity index (χ2n) is 4.02. The number of esters is 2. The topological polar surface area (TPSA) is 61.8 Å². The lowest BCUT2D eigenvalue weighted by Crippen LogP contribution is -2.29. The normalized spacial score (nSPS) is 13.1.